The van der Waals surface area contributed by atoms with E-state index in [0.717, 1.165) is 25.9 Å². The fraction of sp³-hybridized carbons (Fsp3) is 0.500. The van der Waals surface area contributed by atoms with E-state index >= 15 is 0 Å². The maximum Gasteiger partial charge on any atom is 0.224 e. The first-order chi connectivity index (χ1) is 9.83. The average Bonchev–Trinajstić information content (AvgIpc) is 3.19. The summed E-state index contributed by atoms with van der Waals surface area (Å²) in [5.74, 6) is 0.225. The van der Waals surface area contributed by atoms with E-state index in [1.165, 1.54) is 0 Å². The molecule has 0 aliphatic carbocycles. The first-order valence-electron chi connectivity index (χ1n) is 7.05. The van der Waals surface area contributed by atoms with Crippen LogP contribution in [0.5, 0.6) is 0 Å². The van der Waals surface area contributed by atoms with Crippen molar-refractivity contribution in [1.29, 1.82) is 0 Å². The Bertz CT molecular complexity index is 534. The molecule has 20 heavy (non-hydrogen) atoms. The number of carbonyl (C=O) groups excluding carboxylic acids is 1. The summed E-state index contributed by atoms with van der Waals surface area (Å²) in [7, 11) is 0. The lowest BCUT2D eigenvalue weighted by Crippen LogP contribution is -2.38. The van der Waals surface area contributed by atoms with Gasteiger partial charge in [-0.3, -0.25) is 9.48 Å². The molecule has 3 heterocycles. The molecule has 1 fully saturated rings. The Morgan fingerprint density at radius 1 is 1.30 bits per heavy atom. The molecule has 1 amide bonds. The number of nitrogens with zero attached hydrogens (tertiary/aromatic N) is 5. The molecule has 6 heteroatoms. The number of hydrogen-bond donors (Lipinski definition) is 0. The van der Waals surface area contributed by atoms with Crippen LogP contribution in [0.1, 0.15) is 19.3 Å². The standard InChI is InChI=1S/C14H19N5O/c20-14(4-9-18-7-2-5-16-18)19-8-1-3-13(19)11-17-10-6-15-12-17/h2,5-7,10,12-13H,1,3-4,8-9,11H2/t13-/m1/s1. The molecule has 0 aromatic carbocycles. The van der Waals surface area contributed by atoms with Crippen molar-refractivity contribution in [2.24, 2.45) is 0 Å². The molecule has 106 valence electrons. The lowest BCUT2D eigenvalue weighted by Gasteiger charge is -2.25. The fourth-order valence-corrected chi connectivity index (χ4v) is 2.78. The molecule has 3 rings (SSSR count). The zero-order valence-electron chi connectivity index (χ0n) is 11.4. The van der Waals surface area contributed by atoms with Crippen LogP contribution in [-0.4, -0.2) is 42.7 Å². The molecule has 2 aromatic rings. The highest BCUT2D eigenvalue weighted by molar-refractivity contribution is 5.76. The normalized spacial score (nSPS) is 18.6. The van der Waals surface area contributed by atoms with Gasteiger partial charge in [0.15, 0.2) is 0 Å². The zero-order chi connectivity index (χ0) is 13.8. The number of imidazole rings is 1. The van der Waals surface area contributed by atoms with Crippen LogP contribution in [0.15, 0.2) is 37.2 Å². The molecule has 1 aliphatic heterocycles. The van der Waals surface area contributed by atoms with Gasteiger partial charge in [-0.2, -0.15) is 5.10 Å². The maximum atomic E-state index is 12.3. The van der Waals surface area contributed by atoms with Gasteiger partial charge >= 0.3 is 0 Å². The van der Waals surface area contributed by atoms with E-state index in [4.69, 9.17) is 0 Å². The SMILES string of the molecule is O=C(CCn1cccn1)N1CCC[C@@H]1Cn1ccnc1. The number of aryl methyl sites for hydroxylation is 1. The van der Waals surface area contributed by atoms with Crippen molar-refractivity contribution in [3.05, 3.63) is 37.2 Å². The highest BCUT2D eigenvalue weighted by atomic mass is 16.2. The van der Waals surface area contributed by atoms with Crippen LogP contribution < -0.4 is 0 Å². The Morgan fingerprint density at radius 2 is 2.25 bits per heavy atom. The van der Waals surface area contributed by atoms with Gasteiger partial charge in [0.1, 0.15) is 0 Å². The van der Waals surface area contributed by atoms with E-state index in [-0.39, 0.29) is 5.91 Å². The van der Waals surface area contributed by atoms with Crippen molar-refractivity contribution in [3.63, 3.8) is 0 Å². The van der Waals surface area contributed by atoms with Gasteiger partial charge in [-0.15, -0.1) is 0 Å². The summed E-state index contributed by atoms with van der Waals surface area (Å²) in [6.07, 6.45) is 11.8. The minimum atomic E-state index is 0.225. The number of rotatable bonds is 5. The Morgan fingerprint density at radius 3 is 3.00 bits per heavy atom. The van der Waals surface area contributed by atoms with Crippen molar-refractivity contribution in [1.82, 2.24) is 24.2 Å². The van der Waals surface area contributed by atoms with Gasteiger partial charge in [0.25, 0.3) is 0 Å². The predicted molar refractivity (Wildman–Crippen MR) is 73.8 cm³/mol. The lowest BCUT2D eigenvalue weighted by molar-refractivity contribution is -0.132. The Balaban J connectivity index is 1.55. The molecule has 0 radical (unpaired) electrons. The molecule has 1 atom stereocenters. The molecule has 0 bridgehead atoms. The molecular weight excluding hydrogens is 254 g/mol. The third-order valence-corrected chi connectivity index (χ3v) is 3.79. The van der Waals surface area contributed by atoms with Crippen molar-refractivity contribution in [2.45, 2.75) is 38.4 Å². The van der Waals surface area contributed by atoms with Crippen LogP contribution in [0.3, 0.4) is 0 Å². The van der Waals surface area contributed by atoms with Crippen molar-refractivity contribution in [3.8, 4) is 0 Å². The van der Waals surface area contributed by atoms with Crippen molar-refractivity contribution >= 4 is 5.91 Å². The second-order valence-corrected chi connectivity index (χ2v) is 5.16. The summed E-state index contributed by atoms with van der Waals surface area (Å²) < 4.78 is 3.85. The molecule has 0 saturated carbocycles. The van der Waals surface area contributed by atoms with Crippen LogP contribution >= 0.6 is 0 Å². The minimum Gasteiger partial charge on any atom is -0.338 e. The van der Waals surface area contributed by atoms with Crippen molar-refractivity contribution < 1.29 is 4.79 Å². The number of aromatic nitrogens is 4. The topological polar surface area (TPSA) is 56.0 Å². The molecule has 1 saturated heterocycles. The van der Waals surface area contributed by atoms with Gasteiger partial charge in [0.2, 0.25) is 5.91 Å². The molecule has 6 nitrogen and oxygen atoms in total. The van der Waals surface area contributed by atoms with Gasteiger partial charge < -0.3 is 9.47 Å². The minimum absolute atomic E-state index is 0.225. The molecule has 1 aliphatic rings. The number of amides is 1. The smallest absolute Gasteiger partial charge is 0.224 e. The van der Waals surface area contributed by atoms with E-state index in [1.807, 2.05) is 34.3 Å². The van der Waals surface area contributed by atoms with Crippen LogP contribution in [-0.2, 0) is 17.9 Å². The lowest BCUT2D eigenvalue weighted by atomic mass is 10.2. The first-order valence-corrected chi connectivity index (χ1v) is 7.05. The van der Waals surface area contributed by atoms with E-state index in [0.29, 0.717) is 19.0 Å². The highest BCUT2D eigenvalue weighted by Crippen LogP contribution is 2.20. The average molecular weight is 273 g/mol. The quantitative estimate of drug-likeness (QED) is 0.821. The Hall–Kier alpha value is -2.11. The molecule has 0 N–H and O–H groups in total. The van der Waals surface area contributed by atoms with Gasteiger partial charge in [-0.05, 0) is 18.9 Å². The monoisotopic (exact) mass is 273 g/mol. The van der Waals surface area contributed by atoms with Crippen LogP contribution in [0, 0.1) is 0 Å². The van der Waals surface area contributed by atoms with Crippen LogP contribution in [0.2, 0.25) is 0 Å². The summed E-state index contributed by atoms with van der Waals surface area (Å²) in [5, 5.41) is 4.13. The third-order valence-electron chi connectivity index (χ3n) is 3.79. The Labute approximate surface area is 118 Å². The van der Waals surface area contributed by atoms with Crippen molar-refractivity contribution in [2.75, 3.05) is 6.54 Å². The summed E-state index contributed by atoms with van der Waals surface area (Å²) in [5.41, 5.74) is 0. The second-order valence-electron chi connectivity index (χ2n) is 5.16. The van der Waals surface area contributed by atoms with Gasteiger partial charge in [-0.1, -0.05) is 0 Å². The molecule has 0 unspecified atom stereocenters. The zero-order valence-corrected chi connectivity index (χ0v) is 11.4. The van der Waals surface area contributed by atoms with Gasteiger partial charge in [0, 0.05) is 56.9 Å². The van der Waals surface area contributed by atoms with Gasteiger partial charge in [0.05, 0.1) is 6.33 Å². The third kappa shape index (κ3) is 2.89. The fourth-order valence-electron chi connectivity index (χ4n) is 2.78. The van der Waals surface area contributed by atoms with E-state index in [9.17, 15) is 4.79 Å². The van der Waals surface area contributed by atoms with Crippen LogP contribution in [0.25, 0.3) is 0 Å². The van der Waals surface area contributed by atoms with E-state index < -0.39 is 0 Å². The first kappa shape index (κ1) is 12.9. The highest BCUT2D eigenvalue weighted by Gasteiger charge is 2.28. The molecular formula is C14H19N5O. The predicted octanol–water partition coefficient (Wildman–Crippen LogP) is 1.16. The largest absolute Gasteiger partial charge is 0.338 e. The summed E-state index contributed by atoms with van der Waals surface area (Å²) >= 11 is 0. The van der Waals surface area contributed by atoms with Crippen LogP contribution in [0.4, 0.5) is 0 Å². The maximum absolute atomic E-state index is 12.3. The number of hydrogen-bond acceptors (Lipinski definition) is 3. The van der Waals surface area contributed by atoms with Gasteiger partial charge in [-0.25, -0.2) is 4.98 Å². The summed E-state index contributed by atoms with van der Waals surface area (Å²) in [4.78, 5) is 18.4. The summed E-state index contributed by atoms with van der Waals surface area (Å²) in [6, 6.07) is 2.18. The number of likely N-dealkylation sites (tertiary alicyclic amines) is 1. The molecule has 0 spiro atoms. The Kier molecular flexibility index (Phi) is 3.80. The summed E-state index contributed by atoms with van der Waals surface area (Å²) in [6.45, 7) is 2.37. The van der Waals surface area contributed by atoms with E-state index in [2.05, 4.69) is 10.1 Å². The molecule has 2 aromatic heterocycles. The number of carbonyl (C=O) groups is 1. The van der Waals surface area contributed by atoms with E-state index in [1.54, 1.807) is 17.1 Å². The second kappa shape index (κ2) is 5.90.